The van der Waals surface area contributed by atoms with Crippen LogP contribution >= 0.6 is 11.8 Å². The summed E-state index contributed by atoms with van der Waals surface area (Å²) in [5.74, 6) is 1.76. The van der Waals surface area contributed by atoms with Crippen LogP contribution < -0.4 is 4.90 Å². The van der Waals surface area contributed by atoms with Gasteiger partial charge in [-0.15, -0.1) is 0 Å². The Labute approximate surface area is 212 Å². The molecule has 0 atom stereocenters. The van der Waals surface area contributed by atoms with Crippen molar-refractivity contribution < 1.29 is 14.3 Å². The van der Waals surface area contributed by atoms with E-state index in [0.717, 1.165) is 35.3 Å². The van der Waals surface area contributed by atoms with Gasteiger partial charge in [-0.25, -0.2) is 9.97 Å². The van der Waals surface area contributed by atoms with Crippen LogP contribution in [0, 0.1) is 0 Å². The van der Waals surface area contributed by atoms with Gasteiger partial charge < -0.3 is 19.4 Å². The van der Waals surface area contributed by atoms with Crippen LogP contribution in [-0.2, 0) is 20.7 Å². The van der Waals surface area contributed by atoms with Crippen LogP contribution in [0.2, 0.25) is 0 Å². The molecule has 1 aromatic heterocycles. The number of morpholine rings is 1. The van der Waals surface area contributed by atoms with Gasteiger partial charge in [-0.1, -0.05) is 44.7 Å². The molecule has 4 rings (SSSR count). The number of rotatable bonds is 5. The third-order valence-corrected chi connectivity index (χ3v) is 7.27. The molecule has 2 aliphatic heterocycles. The summed E-state index contributed by atoms with van der Waals surface area (Å²) in [5.41, 5.74) is 2.66. The summed E-state index contributed by atoms with van der Waals surface area (Å²) in [7, 11) is 0. The summed E-state index contributed by atoms with van der Waals surface area (Å²) in [5, 5.41) is 0.728. The number of anilines is 1. The normalized spacial score (nSPS) is 17.0. The molecule has 188 valence electrons. The monoisotopic (exact) mass is 497 g/mol. The van der Waals surface area contributed by atoms with Crippen LogP contribution in [-0.4, -0.2) is 84.1 Å². The standard InChI is InChI=1S/C26H35N5O3S/c1-19(32)29-8-10-30(11-9-29)23-17-22(26(2,3)4)27-25(28-23)35-18-20-6-5-7-21(16-20)24(33)31-12-14-34-15-13-31/h5-7,16-17H,8-15,18H2,1-4H3. The maximum Gasteiger partial charge on any atom is 0.254 e. The number of hydrogen-bond acceptors (Lipinski definition) is 7. The molecular formula is C26H35N5O3S. The number of piperazine rings is 1. The highest BCUT2D eigenvalue weighted by Gasteiger charge is 2.24. The molecule has 0 unspecified atom stereocenters. The van der Waals surface area contributed by atoms with Crippen molar-refractivity contribution in [3.8, 4) is 0 Å². The second-order valence-corrected chi connectivity index (χ2v) is 11.0. The van der Waals surface area contributed by atoms with E-state index in [-0.39, 0.29) is 17.2 Å². The van der Waals surface area contributed by atoms with Crippen LogP contribution in [0.15, 0.2) is 35.5 Å². The quantitative estimate of drug-likeness (QED) is 0.464. The van der Waals surface area contributed by atoms with Crippen molar-refractivity contribution >= 4 is 29.4 Å². The Bertz CT molecular complexity index is 1060. The average molecular weight is 498 g/mol. The second-order valence-electron chi connectivity index (χ2n) is 10.0. The first-order valence-corrected chi connectivity index (χ1v) is 13.2. The fourth-order valence-electron chi connectivity index (χ4n) is 4.17. The van der Waals surface area contributed by atoms with E-state index in [1.54, 1.807) is 18.7 Å². The Morgan fingerprint density at radius 2 is 1.69 bits per heavy atom. The Balaban J connectivity index is 1.48. The van der Waals surface area contributed by atoms with Gasteiger partial charge in [0.25, 0.3) is 5.91 Å². The lowest BCUT2D eigenvalue weighted by atomic mass is 9.92. The van der Waals surface area contributed by atoms with Gasteiger partial charge in [0.05, 0.1) is 18.9 Å². The zero-order chi connectivity index (χ0) is 25.0. The lowest BCUT2D eigenvalue weighted by Crippen LogP contribution is -2.48. The number of hydrogen-bond donors (Lipinski definition) is 0. The van der Waals surface area contributed by atoms with Gasteiger partial charge >= 0.3 is 0 Å². The third-order valence-electron chi connectivity index (χ3n) is 6.35. The molecule has 9 heteroatoms. The van der Waals surface area contributed by atoms with Gasteiger partial charge in [0.1, 0.15) is 5.82 Å². The molecular weight excluding hydrogens is 462 g/mol. The molecule has 2 aromatic rings. The topological polar surface area (TPSA) is 78.9 Å². The van der Waals surface area contributed by atoms with Crippen LogP contribution in [0.25, 0.3) is 0 Å². The van der Waals surface area contributed by atoms with E-state index in [1.165, 1.54) is 0 Å². The fraction of sp³-hybridized carbons (Fsp3) is 0.538. The minimum Gasteiger partial charge on any atom is -0.378 e. The second kappa shape index (κ2) is 11.0. The van der Waals surface area contributed by atoms with Crippen molar-refractivity contribution in [2.24, 2.45) is 0 Å². The summed E-state index contributed by atoms with van der Waals surface area (Å²) in [6.45, 7) is 13.5. The average Bonchev–Trinajstić information content (AvgIpc) is 2.87. The van der Waals surface area contributed by atoms with E-state index in [1.807, 2.05) is 34.1 Å². The number of amides is 2. The molecule has 3 heterocycles. The van der Waals surface area contributed by atoms with E-state index in [9.17, 15) is 9.59 Å². The van der Waals surface area contributed by atoms with Crippen LogP contribution in [0.1, 0.15) is 49.3 Å². The summed E-state index contributed by atoms with van der Waals surface area (Å²) in [4.78, 5) is 40.3. The minimum atomic E-state index is -0.112. The summed E-state index contributed by atoms with van der Waals surface area (Å²) in [6.07, 6.45) is 0. The van der Waals surface area contributed by atoms with Crippen molar-refractivity contribution in [3.05, 3.63) is 47.2 Å². The molecule has 2 fully saturated rings. The molecule has 0 radical (unpaired) electrons. The smallest absolute Gasteiger partial charge is 0.254 e. The number of carbonyl (C=O) groups is 2. The number of carbonyl (C=O) groups excluding carboxylic acids is 2. The van der Waals surface area contributed by atoms with E-state index in [2.05, 4.69) is 31.7 Å². The molecule has 35 heavy (non-hydrogen) atoms. The highest BCUT2D eigenvalue weighted by atomic mass is 32.2. The van der Waals surface area contributed by atoms with Crippen molar-refractivity contribution in [2.75, 3.05) is 57.4 Å². The van der Waals surface area contributed by atoms with Gasteiger partial charge in [0.2, 0.25) is 5.91 Å². The Morgan fingerprint density at radius 3 is 2.34 bits per heavy atom. The molecule has 8 nitrogen and oxygen atoms in total. The van der Waals surface area contributed by atoms with E-state index < -0.39 is 0 Å². The van der Waals surface area contributed by atoms with Crippen molar-refractivity contribution in [2.45, 2.75) is 44.0 Å². The fourth-order valence-corrected chi connectivity index (χ4v) is 4.96. The summed E-state index contributed by atoms with van der Waals surface area (Å²) < 4.78 is 5.37. The summed E-state index contributed by atoms with van der Waals surface area (Å²) >= 11 is 1.59. The predicted octanol–water partition coefficient (Wildman–Crippen LogP) is 3.21. The van der Waals surface area contributed by atoms with Gasteiger partial charge in [-0.05, 0) is 17.7 Å². The first kappa shape index (κ1) is 25.4. The molecule has 2 amide bonds. The van der Waals surface area contributed by atoms with Crippen LogP contribution in [0.5, 0.6) is 0 Å². The maximum absolute atomic E-state index is 12.9. The zero-order valence-electron chi connectivity index (χ0n) is 21.1. The predicted molar refractivity (Wildman–Crippen MR) is 138 cm³/mol. The van der Waals surface area contributed by atoms with E-state index in [0.29, 0.717) is 50.7 Å². The highest BCUT2D eigenvalue weighted by molar-refractivity contribution is 7.98. The molecule has 1 aromatic carbocycles. The molecule has 0 aliphatic carbocycles. The minimum absolute atomic E-state index is 0.0538. The van der Waals surface area contributed by atoms with E-state index >= 15 is 0 Å². The Kier molecular flexibility index (Phi) is 7.96. The number of nitrogens with zero attached hydrogens (tertiary/aromatic N) is 5. The molecule has 2 aliphatic rings. The number of benzene rings is 1. The van der Waals surface area contributed by atoms with Crippen molar-refractivity contribution in [1.82, 2.24) is 19.8 Å². The summed E-state index contributed by atoms with van der Waals surface area (Å²) in [6, 6.07) is 9.91. The van der Waals surface area contributed by atoms with Crippen molar-refractivity contribution in [3.63, 3.8) is 0 Å². The lowest BCUT2D eigenvalue weighted by Gasteiger charge is -2.35. The maximum atomic E-state index is 12.9. The highest BCUT2D eigenvalue weighted by Crippen LogP contribution is 2.29. The largest absolute Gasteiger partial charge is 0.378 e. The van der Waals surface area contributed by atoms with Gasteiger partial charge in [-0.3, -0.25) is 9.59 Å². The molecule has 0 bridgehead atoms. The molecule has 0 N–H and O–H groups in total. The SMILES string of the molecule is CC(=O)N1CCN(c2cc(C(C)(C)C)nc(SCc3cccc(C(=O)N4CCOCC4)c3)n2)CC1. The Morgan fingerprint density at radius 1 is 0.971 bits per heavy atom. The number of thioether (sulfide) groups is 1. The Hall–Kier alpha value is -2.65. The molecule has 2 saturated heterocycles. The number of aromatic nitrogens is 2. The van der Waals surface area contributed by atoms with Gasteiger partial charge in [0, 0.05) is 69.0 Å². The first-order valence-electron chi connectivity index (χ1n) is 12.2. The third kappa shape index (κ3) is 6.52. The van der Waals surface area contributed by atoms with Crippen LogP contribution in [0.4, 0.5) is 5.82 Å². The van der Waals surface area contributed by atoms with Crippen molar-refractivity contribution in [1.29, 1.82) is 0 Å². The van der Waals surface area contributed by atoms with Gasteiger partial charge in [-0.2, -0.15) is 0 Å². The van der Waals surface area contributed by atoms with Gasteiger partial charge in [0.15, 0.2) is 5.16 Å². The van der Waals surface area contributed by atoms with E-state index in [4.69, 9.17) is 14.7 Å². The molecule has 0 saturated carbocycles. The zero-order valence-corrected chi connectivity index (χ0v) is 21.9. The number of ether oxygens (including phenoxy) is 1. The first-order chi connectivity index (χ1) is 16.7. The van der Waals surface area contributed by atoms with Crippen LogP contribution in [0.3, 0.4) is 0 Å². The lowest BCUT2D eigenvalue weighted by molar-refractivity contribution is -0.129. The molecule has 0 spiro atoms.